The van der Waals surface area contributed by atoms with Crippen LogP contribution in [0.3, 0.4) is 0 Å². The monoisotopic (exact) mass is 599 g/mol. The van der Waals surface area contributed by atoms with Gasteiger partial charge in [-0.2, -0.15) is 0 Å². The molecule has 9 heteroatoms. The van der Waals surface area contributed by atoms with Crippen LogP contribution in [0.1, 0.15) is 42.0 Å². The first-order valence-corrected chi connectivity index (χ1v) is 14.7. The number of carbonyl (C=O) groups is 2. The van der Waals surface area contributed by atoms with Crippen molar-refractivity contribution in [3.05, 3.63) is 93.0 Å². The summed E-state index contributed by atoms with van der Waals surface area (Å²) in [5.41, 5.74) is 4.39. The molecule has 7 nitrogen and oxygen atoms in total. The number of aliphatic carboxylic acids is 1. The summed E-state index contributed by atoms with van der Waals surface area (Å²) >= 11 is 12.3. The third-order valence-corrected chi connectivity index (χ3v) is 7.40. The van der Waals surface area contributed by atoms with Gasteiger partial charge < -0.3 is 24.2 Å². The average Bonchev–Trinajstić information content (AvgIpc) is 3.40. The molecule has 0 saturated carbocycles. The smallest absolute Gasteiger partial charge is 0.415 e. The maximum absolute atomic E-state index is 13.2. The van der Waals surface area contributed by atoms with Crippen molar-refractivity contribution in [2.45, 2.75) is 51.6 Å². The number of benzene rings is 3. The van der Waals surface area contributed by atoms with Crippen molar-refractivity contribution < 1.29 is 28.9 Å². The Morgan fingerprint density at radius 2 is 1.61 bits per heavy atom. The van der Waals surface area contributed by atoms with Gasteiger partial charge in [0.1, 0.15) is 18.1 Å². The van der Waals surface area contributed by atoms with E-state index in [1.165, 1.54) is 11.1 Å². The second-order valence-electron chi connectivity index (χ2n) is 10.00. The van der Waals surface area contributed by atoms with E-state index in [2.05, 4.69) is 0 Å². The molecule has 1 aliphatic carbocycles. The third kappa shape index (κ3) is 9.38. The van der Waals surface area contributed by atoms with Gasteiger partial charge >= 0.3 is 12.1 Å². The number of carbonyl (C=O) groups excluding carboxylic acids is 1. The molecule has 0 bridgehead atoms. The zero-order valence-corrected chi connectivity index (χ0v) is 24.6. The van der Waals surface area contributed by atoms with Crippen LogP contribution in [0.5, 0.6) is 11.5 Å². The molecule has 3 aromatic rings. The summed E-state index contributed by atoms with van der Waals surface area (Å²) in [6, 6.07) is 18.5. The molecule has 3 aromatic carbocycles. The predicted molar refractivity (Wildman–Crippen MR) is 160 cm³/mol. The van der Waals surface area contributed by atoms with E-state index in [0.29, 0.717) is 54.1 Å². The van der Waals surface area contributed by atoms with Crippen LogP contribution in [0.4, 0.5) is 4.79 Å². The molecule has 4 rings (SSSR count). The van der Waals surface area contributed by atoms with Gasteiger partial charge in [0, 0.05) is 29.6 Å². The van der Waals surface area contributed by atoms with Crippen molar-refractivity contribution in [3.63, 3.8) is 0 Å². The lowest BCUT2D eigenvalue weighted by Crippen LogP contribution is -2.37. The molecule has 1 N–H and O–H groups in total. The van der Waals surface area contributed by atoms with Crippen LogP contribution in [0, 0.1) is 0 Å². The molecule has 0 heterocycles. The standard InChI is InChI=1S/C32H35Cl2NO6/c1-2-39-30(31(36)37)19-22-8-11-28(12-9-22)40-16-15-35(14-4-5-23-17-26(33)21-27(34)18-23)32(38)41-29-13-10-24-6-3-7-25(24)20-29/h8-13,17-18,20-21,30H,2-7,14-16,19H2,1H3,(H,36,37). The second kappa shape index (κ2) is 15.1. The van der Waals surface area contributed by atoms with E-state index in [1.54, 1.807) is 30.0 Å². The summed E-state index contributed by atoms with van der Waals surface area (Å²) in [5, 5.41) is 10.5. The normalized spacial score (nSPS) is 13.0. The summed E-state index contributed by atoms with van der Waals surface area (Å²) in [5.74, 6) is 0.181. The van der Waals surface area contributed by atoms with Crippen LogP contribution < -0.4 is 9.47 Å². The van der Waals surface area contributed by atoms with Gasteiger partial charge in [-0.3, -0.25) is 0 Å². The van der Waals surface area contributed by atoms with E-state index < -0.39 is 18.2 Å². The minimum atomic E-state index is -0.988. The first-order chi connectivity index (χ1) is 19.8. The van der Waals surface area contributed by atoms with E-state index in [9.17, 15) is 14.7 Å². The van der Waals surface area contributed by atoms with Crippen LogP contribution >= 0.6 is 23.2 Å². The minimum Gasteiger partial charge on any atom is -0.492 e. The molecule has 218 valence electrons. The van der Waals surface area contributed by atoms with Crippen LogP contribution in [0.15, 0.2) is 60.7 Å². The topological polar surface area (TPSA) is 85.3 Å². The molecule has 1 amide bonds. The maximum Gasteiger partial charge on any atom is 0.415 e. The molecule has 0 fully saturated rings. The Hall–Kier alpha value is -3.26. The summed E-state index contributed by atoms with van der Waals surface area (Å²) in [4.78, 5) is 26.2. The Morgan fingerprint density at radius 3 is 2.32 bits per heavy atom. The summed E-state index contributed by atoms with van der Waals surface area (Å²) < 4.78 is 17.0. The third-order valence-electron chi connectivity index (χ3n) is 6.97. The fourth-order valence-corrected chi connectivity index (χ4v) is 5.50. The number of hydrogen-bond acceptors (Lipinski definition) is 5. The number of halogens is 2. The lowest BCUT2D eigenvalue weighted by Gasteiger charge is -2.22. The fraction of sp³-hybridized carbons (Fsp3) is 0.375. The number of fused-ring (bicyclic) bond motifs is 1. The largest absolute Gasteiger partial charge is 0.492 e. The molecular weight excluding hydrogens is 565 g/mol. The highest BCUT2D eigenvalue weighted by Crippen LogP contribution is 2.26. The van der Waals surface area contributed by atoms with Gasteiger partial charge in [-0.15, -0.1) is 0 Å². The molecule has 0 saturated heterocycles. The summed E-state index contributed by atoms with van der Waals surface area (Å²) in [6.07, 6.45) is 3.53. The molecule has 0 radical (unpaired) electrons. The SMILES string of the molecule is CCOC(Cc1ccc(OCCN(CCCc2cc(Cl)cc(Cl)c2)C(=O)Oc2ccc3c(c2)CCC3)cc1)C(=O)O. The maximum atomic E-state index is 13.2. The summed E-state index contributed by atoms with van der Waals surface area (Å²) in [7, 11) is 0. The Labute approximate surface area is 250 Å². The van der Waals surface area contributed by atoms with Crippen molar-refractivity contribution in [1.82, 2.24) is 4.90 Å². The number of amides is 1. The zero-order valence-electron chi connectivity index (χ0n) is 23.1. The van der Waals surface area contributed by atoms with Gasteiger partial charge in [0.05, 0.1) is 6.54 Å². The quantitative estimate of drug-likeness (QED) is 0.214. The van der Waals surface area contributed by atoms with Gasteiger partial charge in [0.25, 0.3) is 0 Å². The predicted octanol–water partition coefficient (Wildman–Crippen LogP) is 7.03. The molecule has 0 aliphatic heterocycles. The lowest BCUT2D eigenvalue weighted by molar-refractivity contribution is -0.149. The first-order valence-electron chi connectivity index (χ1n) is 13.9. The second-order valence-corrected chi connectivity index (χ2v) is 10.9. The van der Waals surface area contributed by atoms with E-state index >= 15 is 0 Å². The van der Waals surface area contributed by atoms with E-state index in [0.717, 1.165) is 30.4 Å². The van der Waals surface area contributed by atoms with E-state index in [4.69, 9.17) is 37.4 Å². The van der Waals surface area contributed by atoms with Gasteiger partial charge in [-0.05, 0) is 104 Å². The molecule has 41 heavy (non-hydrogen) atoms. The highest BCUT2D eigenvalue weighted by Gasteiger charge is 2.19. The van der Waals surface area contributed by atoms with E-state index in [-0.39, 0.29) is 13.0 Å². The first kappa shape index (κ1) is 30.7. The highest BCUT2D eigenvalue weighted by molar-refractivity contribution is 6.34. The van der Waals surface area contributed by atoms with Crippen LogP contribution in [-0.4, -0.2) is 54.5 Å². The molecule has 1 atom stereocenters. The minimum absolute atomic E-state index is 0.262. The molecule has 0 aromatic heterocycles. The van der Waals surface area contributed by atoms with Crippen molar-refractivity contribution in [3.8, 4) is 11.5 Å². The number of hydrogen-bond donors (Lipinski definition) is 1. The van der Waals surface area contributed by atoms with Crippen LogP contribution in [0.2, 0.25) is 10.0 Å². The fourth-order valence-electron chi connectivity index (χ4n) is 4.93. The summed E-state index contributed by atoms with van der Waals surface area (Å²) in [6.45, 7) is 3.15. The number of aryl methyl sites for hydroxylation is 3. The lowest BCUT2D eigenvalue weighted by atomic mass is 10.1. The zero-order chi connectivity index (χ0) is 29.2. The molecule has 0 spiro atoms. The molecular formula is C32H35Cl2NO6. The van der Waals surface area contributed by atoms with Gasteiger partial charge in [-0.1, -0.05) is 41.4 Å². The van der Waals surface area contributed by atoms with Crippen molar-refractivity contribution in [2.75, 3.05) is 26.3 Å². The van der Waals surface area contributed by atoms with Crippen LogP contribution in [0.25, 0.3) is 0 Å². The Morgan fingerprint density at radius 1 is 0.902 bits per heavy atom. The number of nitrogens with zero attached hydrogens (tertiary/aromatic N) is 1. The van der Waals surface area contributed by atoms with Gasteiger partial charge in [0.15, 0.2) is 6.10 Å². The number of carboxylic acid groups (broad SMARTS) is 1. The highest BCUT2D eigenvalue weighted by atomic mass is 35.5. The average molecular weight is 601 g/mol. The Kier molecular flexibility index (Phi) is 11.3. The Balaban J connectivity index is 1.35. The van der Waals surface area contributed by atoms with Crippen molar-refractivity contribution in [2.24, 2.45) is 0 Å². The van der Waals surface area contributed by atoms with Crippen molar-refractivity contribution in [1.29, 1.82) is 0 Å². The van der Waals surface area contributed by atoms with Gasteiger partial charge in [0.2, 0.25) is 0 Å². The number of ether oxygens (including phenoxy) is 3. The molecule has 1 aliphatic rings. The van der Waals surface area contributed by atoms with Crippen LogP contribution in [-0.2, 0) is 35.2 Å². The van der Waals surface area contributed by atoms with Gasteiger partial charge in [-0.25, -0.2) is 9.59 Å². The number of carboxylic acids is 1. The number of rotatable bonds is 14. The van der Waals surface area contributed by atoms with Crippen molar-refractivity contribution >= 4 is 35.3 Å². The van der Waals surface area contributed by atoms with E-state index in [1.807, 2.05) is 42.5 Å². The molecule has 1 unspecified atom stereocenters. The Bertz CT molecular complexity index is 1310.